The molecular weight excluding hydrogens is 314 g/mol. The summed E-state index contributed by atoms with van der Waals surface area (Å²) in [7, 11) is 3.44. The quantitative estimate of drug-likeness (QED) is 0.418. The highest BCUT2D eigenvalue weighted by Crippen LogP contribution is 2.08. The molecule has 25 heavy (non-hydrogen) atoms. The van der Waals surface area contributed by atoms with E-state index in [0.29, 0.717) is 19.8 Å². The summed E-state index contributed by atoms with van der Waals surface area (Å²) in [5.74, 6) is 0.771. The van der Waals surface area contributed by atoms with E-state index in [0.717, 1.165) is 19.0 Å². The number of rotatable bonds is 9. The third kappa shape index (κ3) is 7.37. The van der Waals surface area contributed by atoms with Crippen molar-refractivity contribution < 1.29 is 9.47 Å². The van der Waals surface area contributed by atoms with Gasteiger partial charge < -0.3 is 20.1 Å². The molecule has 0 unspecified atom stereocenters. The van der Waals surface area contributed by atoms with Gasteiger partial charge in [-0.2, -0.15) is 0 Å². The van der Waals surface area contributed by atoms with Crippen LogP contribution in [0.25, 0.3) is 0 Å². The predicted molar refractivity (Wildman–Crippen MR) is 101 cm³/mol. The summed E-state index contributed by atoms with van der Waals surface area (Å²) in [4.78, 5) is 4.18. The van der Waals surface area contributed by atoms with Crippen molar-refractivity contribution >= 4 is 5.96 Å². The van der Waals surface area contributed by atoms with Gasteiger partial charge in [0.1, 0.15) is 0 Å². The Balaban J connectivity index is 1.72. The topological polar surface area (TPSA) is 54.9 Å². The Morgan fingerprint density at radius 2 is 1.52 bits per heavy atom. The van der Waals surface area contributed by atoms with Crippen molar-refractivity contribution in [3.63, 3.8) is 0 Å². The van der Waals surface area contributed by atoms with E-state index in [9.17, 15) is 0 Å². The second-order valence-electron chi connectivity index (χ2n) is 5.64. The molecule has 0 saturated carbocycles. The number of nitrogens with zero attached hydrogens (tertiary/aromatic N) is 1. The van der Waals surface area contributed by atoms with Crippen LogP contribution in [0.1, 0.15) is 16.7 Å². The lowest BCUT2D eigenvalue weighted by Gasteiger charge is -2.12. The first kappa shape index (κ1) is 19.0. The highest BCUT2D eigenvalue weighted by Gasteiger charge is 1.99. The molecule has 0 radical (unpaired) electrons. The molecule has 0 amide bonds. The average molecular weight is 341 g/mol. The third-order valence-corrected chi connectivity index (χ3v) is 3.69. The Hall–Kier alpha value is -2.37. The van der Waals surface area contributed by atoms with Gasteiger partial charge in [-0.1, -0.05) is 54.6 Å². The smallest absolute Gasteiger partial charge is 0.191 e. The van der Waals surface area contributed by atoms with Crippen LogP contribution >= 0.6 is 0 Å². The molecule has 0 aliphatic carbocycles. The Kier molecular flexibility index (Phi) is 8.52. The molecular formula is C20H27N3O2. The molecule has 0 aliphatic rings. The first-order chi connectivity index (χ1) is 12.3. The molecule has 5 nitrogen and oxygen atoms in total. The van der Waals surface area contributed by atoms with Crippen LogP contribution in [0, 0.1) is 0 Å². The van der Waals surface area contributed by atoms with Crippen molar-refractivity contribution in [1.29, 1.82) is 0 Å². The first-order valence-corrected chi connectivity index (χ1v) is 8.44. The fraction of sp³-hybridized carbons (Fsp3) is 0.350. The molecule has 2 aromatic carbocycles. The molecule has 2 N–H and O–H groups in total. The van der Waals surface area contributed by atoms with Crippen LogP contribution in [0.3, 0.4) is 0 Å². The number of methoxy groups -OCH3 is 1. The summed E-state index contributed by atoms with van der Waals surface area (Å²) in [6.45, 7) is 3.35. The Morgan fingerprint density at radius 1 is 0.880 bits per heavy atom. The molecule has 0 saturated heterocycles. The molecule has 0 bridgehead atoms. The van der Waals surface area contributed by atoms with Crippen molar-refractivity contribution in [2.24, 2.45) is 4.99 Å². The van der Waals surface area contributed by atoms with Gasteiger partial charge in [-0.25, -0.2) is 0 Å². The van der Waals surface area contributed by atoms with Crippen LogP contribution in [-0.4, -0.2) is 33.3 Å². The Bertz CT molecular complexity index is 627. The highest BCUT2D eigenvalue weighted by molar-refractivity contribution is 5.79. The Labute approximate surface area is 150 Å². The highest BCUT2D eigenvalue weighted by atomic mass is 16.5. The molecule has 0 aromatic heterocycles. The number of nitrogens with one attached hydrogen (secondary N) is 2. The predicted octanol–water partition coefficient (Wildman–Crippen LogP) is 2.71. The number of guanidine groups is 1. The maximum Gasteiger partial charge on any atom is 0.191 e. The zero-order chi connectivity index (χ0) is 17.7. The summed E-state index contributed by atoms with van der Waals surface area (Å²) in [5, 5.41) is 6.47. The van der Waals surface area contributed by atoms with Gasteiger partial charge in [-0.15, -0.1) is 0 Å². The van der Waals surface area contributed by atoms with Crippen LogP contribution in [0.5, 0.6) is 0 Å². The van der Waals surface area contributed by atoms with Crippen LogP contribution in [0.2, 0.25) is 0 Å². The zero-order valence-corrected chi connectivity index (χ0v) is 15.0. The molecule has 0 spiro atoms. The van der Waals surface area contributed by atoms with Crippen LogP contribution in [-0.2, 0) is 29.2 Å². The maximum absolute atomic E-state index is 5.76. The van der Waals surface area contributed by atoms with Gasteiger partial charge in [0.25, 0.3) is 0 Å². The van der Waals surface area contributed by atoms with Crippen molar-refractivity contribution in [2.75, 3.05) is 27.3 Å². The normalized spacial score (nSPS) is 11.4. The lowest BCUT2D eigenvalue weighted by atomic mass is 10.1. The monoisotopic (exact) mass is 341 g/mol. The molecule has 2 aromatic rings. The standard InChI is InChI=1S/C20H27N3O2/c1-21-20(22-12-13-24-2)23-14-17-8-10-19(11-9-17)16-25-15-18-6-4-3-5-7-18/h3-11H,12-16H2,1-2H3,(H2,21,22,23). The van der Waals surface area contributed by atoms with Crippen molar-refractivity contribution in [3.8, 4) is 0 Å². The number of hydrogen-bond acceptors (Lipinski definition) is 3. The van der Waals surface area contributed by atoms with Crippen molar-refractivity contribution in [3.05, 3.63) is 71.3 Å². The van der Waals surface area contributed by atoms with E-state index in [4.69, 9.17) is 9.47 Å². The third-order valence-electron chi connectivity index (χ3n) is 3.69. The second-order valence-corrected chi connectivity index (χ2v) is 5.64. The largest absolute Gasteiger partial charge is 0.383 e. The molecule has 0 aliphatic heterocycles. The molecule has 2 rings (SSSR count). The van der Waals surface area contributed by atoms with Crippen LogP contribution < -0.4 is 10.6 Å². The van der Waals surface area contributed by atoms with E-state index in [1.165, 1.54) is 16.7 Å². The lowest BCUT2D eigenvalue weighted by molar-refractivity contribution is 0.107. The van der Waals surface area contributed by atoms with Crippen molar-refractivity contribution in [2.45, 2.75) is 19.8 Å². The first-order valence-electron chi connectivity index (χ1n) is 8.44. The number of benzene rings is 2. The molecule has 134 valence electrons. The van der Waals surface area contributed by atoms with Gasteiger partial charge in [0.05, 0.1) is 19.8 Å². The number of ether oxygens (including phenoxy) is 2. The molecule has 0 heterocycles. The summed E-state index contributed by atoms with van der Waals surface area (Å²) in [6.07, 6.45) is 0. The van der Waals surface area contributed by atoms with E-state index < -0.39 is 0 Å². The lowest BCUT2D eigenvalue weighted by Crippen LogP contribution is -2.38. The number of hydrogen-bond donors (Lipinski definition) is 2. The fourth-order valence-corrected chi connectivity index (χ4v) is 2.29. The fourth-order valence-electron chi connectivity index (χ4n) is 2.29. The van der Waals surface area contributed by atoms with Gasteiger partial charge in [0, 0.05) is 27.2 Å². The average Bonchev–Trinajstić information content (AvgIpc) is 2.66. The Morgan fingerprint density at radius 3 is 2.16 bits per heavy atom. The van der Waals surface area contributed by atoms with Crippen LogP contribution in [0.4, 0.5) is 0 Å². The summed E-state index contributed by atoms with van der Waals surface area (Å²) >= 11 is 0. The summed E-state index contributed by atoms with van der Waals surface area (Å²) in [5.41, 5.74) is 3.56. The van der Waals surface area contributed by atoms with E-state index in [-0.39, 0.29) is 0 Å². The van der Waals surface area contributed by atoms with E-state index in [2.05, 4.69) is 52.0 Å². The number of aliphatic imine (C=N–C) groups is 1. The van der Waals surface area contributed by atoms with Gasteiger partial charge >= 0.3 is 0 Å². The molecule has 0 atom stereocenters. The van der Waals surface area contributed by atoms with Gasteiger partial charge in [0.2, 0.25) is 0 Å². The molecule has 0 fully saturated rings. The van der Waals surface area contributed by atoms with Gasteiger partial charge in [-0.05, 0) is 16.7 Å². The maximum atomic E-state index is 5.76. The zero-order valence-electron chi connectivity index (χ0n) is 15.0. The van der Waals surface area contributed by atoms with Gasteiger partial charge in [-0.3, -0.25) is 4.99 Å². The summed E-state index contributed by atoms with van der Waals surface area (Å²) < 4.78 is 10.8. The minimum Gasteiger partial charge on any atom is -0.383 e. The van der Waals surface area contributed by atoms with Gasteiger partial charge in [0.15, 0.2) is 5.96 Å². The van der Waals surface area contributed by atoms with E-state index in [1.54, 1.807) is 14.2 Å². The van der Waals surface area contributed by atoms with E-state index in [1.807, 2.05) is 18.2 Å². The minimum absolute atomic E-state index is 0.614. The molecule has 5 heteroatoms. The van der Waals surface area contributed by atoms with E-state index >= 15 is 0 Å². The SMILES string of the molecule is CN=C(NCCOC)NCc1ccc(COCc2ccccc2)cc1. The minimum atomic E-state index is 0.614. The van der Waals surface area contributed by atoms with Crippen LogP contribution in [0.15, 0.2) is 59.6 Å². The van der Waals surface area contributed by atoms with Crippen molar-refractivity contribution in [1.82, 2.24) is 10.6 Å². The summed E-state index contributed by atoms with van der Waals surface area (Å²) in [6, 6.07) is 18.6. The second kappa shape index (κ2) is 11.2.